The van der Waals surface area contributed by atoms with Gasteiger partial charge < -0.3 is 11.1 Å². The minimum absolute atomic E-state index is 0.0144. The molecule has 0 aromatic heterocycles. The monoisotopic (exact) mass is 268 g/mol. The molecule has 0 saturated carbocycles. The van der Waals surface area contributed by atoms with Crippen LogP contribution in [-0.4, -0.2) is 5.91 Å². The van der Waals surface area contributed by atoms with Gasteiger partial charge in [-0.05, 0) is 24.6 Å². The fraction of sp³-hybridized carbons (Fsp3) is 0.500. The lowest BCUT2D eigenvalue weighted by atomic mass is 10.1. The Morgan fingerprint density at radius 3 is 2.67 bits per heavy atom. The van der Waals surface area contributed by atoms with E-state index in [2.05, 4.69) is 12.2 Å². The Balaban J connectivity index is 2.31. The second-order valence-corrected chi connectivity index (χ2v) is 4.88. The van der Waals surface area contributed by atoms with Crippen LogP contribution >= 0.6 is 11.6 Å². The first-order chi connectivity index (χ1) is 8.63. The maximum absolute atomic E-state index is 11.7. The van der Waals surface area contributed by atoms with Gasteiger partial charge in [-0.15, -0.1) is 0 Å². The Kier molecular flexibility index (Phi) is 6.58. The zero-order chi connectivity index (χ0) is 13.4. The van der Waals surface area contributed by atoms with Crippen molar-refractivity contribution in [2.24, 2.45) is 0 Å². The first-order valence-electron chi connectivity index (χ1n) is 6.48. The summed E-state index contributed by atoms with van der Waals surface area (Å²) in [6.07, 6.45) is 6.24. The first kappa shape index (κ1) is 14.8. The Morgan fingerprint density at radius 1 is 1.28 bits per heavy atom. The fourth-order valence-corrected chi connectivity index (χ4v) is 1.93. The Hall–Kier alpha value is -1.22. The van der Waals surface area contributed by atoms with Gasteiger partial charge in [0, 0.05) is 11.4 Å². The van der Waals surface area contributed by atoms with Gasteiger partial charge in [-0.25, -0.2) is 0 Å². The van der Waals surface area contributed by atoms with Gasteiger partial charge in [0.2, 0.25) is 5.91 Å². The van der Waals surface area contributed by atoms with E-state index in [0.717, 1.165) is 12.8 Å². The summed E-state index contributed by atoms with van der Waals surface area (Å²) in [5, 5.41) is 3.38. The maximum atomic E-state index is 11.7. The Bertz CT molecular complexity index is 393. The number of benzene rings is 1. The third-order valence-corrected chi connectivity index (χ3v) is 3.03. The molecule has 1 rings (SSSR count). The third kappa shape index (κ3) is 5.41. The molecule has 0 fully saturated rings. The van der Waals surface area contributed by atoms with E-state index in [0.29, 0.717) is 22.8 Å². The number of rotatable bonds is 7. The van der Waals surface area contributed by atoms with E-state index in [-0.39, 0.29) is 5.91 Å². The van der Waals surface area contributed by atoms with Crippen molar-refractivity contribution in [2.45, 2.75) is 45.4 Å². The molecule has 0 atom stereocenters. The van der Waals surface area contributed by atoms with Crippen molar-refractivity contribution < 1.29 is 4.79 Å². The lowest BCUT2D eigenvalue weighted by molar-refractivity contribution is -0.116. The molecule has 0 bridgehead atoms. The largest absolute Gasteiger partial charge is 0.397 e. The third-order valence-electron chi connectivity index (χ3n) is 2.80. The van der Waals surface area contributed by atoms with Crippen molar-refractivity contribution in [1.29, 1.82) is 0 Å². The summed E-state index contributed by atoms with van der Waals surface area (Å²) >= 11 is 5.79. The number of carbonyl (C=O) groups excluding carboxylic acids is 1. The van der Waals surface area contributed by atoms with E-state index in [1.165, 1.54) is 19.3 Å². The molecule has 4 heteroatoms. The lowest BCUT2D eigenvalue weighted by Crippen LogP contribution is -2.12. The number of nitrogens with two attached hydrogens (primary N) is 1. The number of amides is 1. The van der Waals surface area contributed by atoms with Crippen molar-refractivity contribution in [3.05, 3.63) is 23.2 Å². The van der Waals surface area contributed by atoms with Crippen LogP contribution in [0.5, 0.6) is 0 Å². The first-order valence-corrected chi connectivity index (χ1v) is 6.86. The molecule has 3 N–H and O–H groups in total. The van der Waals surface area contributed by atoms with Crippen LogP contribution in [0.25, 0.3) is 0 Å². The van der Waals surface area contributed by atoms with Crippen LogP contribution in [0.1, 0.15) is 45.4 Å². The second kappa shape index (κ2) is 7.98. The van der Waals surface area contributed by atoms with Crippen LogP contribution in [-0.2, 0) is 4.79 Å². The van der Waals surface area contributed by atoms with Crippen LogP contribution in [0, 0.1) is 0 Å². The van der Waals surface area contributed by atoms with Gasteiger partial charge in [-0.2, -0.15) is 0 Å². The van der Waals surface area contributed by atoms with Gasteiger partial charge >= 0.3 is 0 Å². The van der Waals surface area contributed by atoms with E-state index < -0.39 is 0 Å². The lowest BCUT2D eigenvalue weighted by Gasteiger charge is -2.08. The van der Waals surface area contributed by atoms with Crippen molar-refractivity contribution in [3.63, 3.8) is 0 Å². The molecule has 0 aliphatic heterocycles. The molecule has 1 amide bonds. The quantitative estimate of drug-likeness (QED) is 0.575. The van der Waals surface area contributed by atoms with Crippen LogP contribution in [0.2, 0.25) is 5.02 Å². The highest BCUT2D eigenvalue weighted by Crippen LogP contribution is 2.22. The molecule has 0 spiro atoms. The highest BCUT2D eigenvalue weighted by Gasteiger charge is 2.05. The molecule has 0 heterocycles. The number of halogens is 1. The molecule has 0 saturated heterocycles. The summed E-state index contributed by atoms with van der Waals surface area (Å²) in [6, 6.07) is 5.08. The van der Waals surface area contributed by atoms with Gasteiger partial charge in [0.25, 0.3) is 0 Å². The molecule has 0 aliphatic rings. The number of hydrogen-bond donors (Lipinski definition) is 2. The Labute approximate surface area is 114 Å². The van der Waals surface area contributed by atoms with Gasteiger partial charge in [-0.1, -0.05) is 44.2 Å². The average Bonchev–Trinajstić information content (AvgIpc) is 2.32. The number of unbranched alkanes of at least 4 members (excludes halogenated alkanes) is 4. The molecule has 1 aromatic carbocycles. The predicted octanol–water partition coefficient (Wildman–Crippen LogP) is 4.22. The number of nitrogens with one attached hydrogen (secondary N) is 1. The highest BCUT2D eigenvalue weighted by atomic mass is 35.5. The molecule has 0 radical (unpaired) electrons. The molecule has 0 aliphatic carbocycles. The van der Waals surface area contributed by atoms with Crippen LogP contribution in [0.15, 0.2) is 18.2 Å². The number of nitrogen functional groups attached to an aromatic ring is 1. The SMILES string of the molecule is CCCCCCCC(=O)Nc1ccc(Cl)cc1N. The highest BCUT2D eigenvalue weighted by molar-refractivity contribution is 6.31. The zero-order valence-corrected chi connectivity index (χ0v) is 11.6. The number of carbonyl (C=O) groups is 1. The van der Waals surface area contributed by atoms with E-state index in [4.69, 9.17) is 17.3 Å². The van der Waals surface area contributed by atoms with Crippen molar-refractivity contribution >= 4 is 28.9 Å². The van der Waals surface area contributed by atoms with Crippen LogP contribution < -0.4 is 11.1 Å². The standard InChI is InChI=1S/C14H21ClN2O/c1-2-3-4-5-6-7-14(18)17-13-9-8-11(15)10-12(13)16/h8-10H,2-7,16H2,1H3,(H,17,18). The summed E-state index contributed by atoms with van der Waals surface area (Å²) < 4.78 is 0. The van der Waals surface area contributed by atoms with Crippen LogP contribution in [0.4, 0.5) is 11.4 Å². The van der Waals surface area contributed by atoms with Crippen molar-refractivity contribution in [2.75, 3.05) is 11.1 Å². The molecule has 0 unspecified atom stereocenters. The molecule has 100 valence electrons. The minimum Gasteiger partial charge on any atom is -0.397 e. The summed E-state index contributed by atoms with van der Waals surface area (Å²) in [4.78, 5) is 11.7. The Morgan fingerprint density at radius 2 is 2.00 bits per heavy atom. The smallest absolute Gasteiger partial charge is 0.224 e. The van der Waals surface area contributed by atoms with Gasteiger partial charge in [0.15, 0.2) is 0 Å². The summed E-state index contributed by atoms with van der Waals surface area (Å²) in [7, 11) is 0. The average molecular weight is 269 g/mol. The summed E-state index contributed by atoms with van der Waals surface area (Å²) in [6.45, 7) is 2.18. The number of anilines is 2. The molecule has 18 heavy (non-hydrogen) atoms. The second-order valence-electron chi connectivity index (χ2n) is 4.44. The van der Waals surface area contributed by atoms with Crippen molar-refractivity contribution in [1.82, 2.24) is 0 Å². The van der Waals surface area contributed by atoms with Gasteiger partial charge in [0.05, 0.1) is 11.4 Å². The topological polar surface area (TPSA) is 55.1 Å². The number of hydrogen-bond acceptors (Lipinski definition) is 2. The summed E-state index contributed by atoms with van der Waals surface area (Å²) in [5.74, 6) is 0.0144. The van der Waals surface area contributed by atoms with Crippen molar-refractivity contribution in [3.8, 4) is 0 Å². The minimum atomic E-state index is 0.0144. The fourth-order valence-electron chi connectivity index (χ4n) is 1.75. The predicted molar refractivity (Wildman–Crippen MR) is 77.9 cm³/mol. The summed E-state index contributed by atoms with van der Waals surface area (Å²) in [5.41, 5.74) is 6.90. The molecular formula is C14H21ClN2O. The molecular weight excluding hydrogens is 248 g/mol. The maximum Gasteiger partial charge on any atom is 0.224 e. The van der Waals surface area contributed by atoms with E-state index in [1.54, 1.807) is 18.2 Å². The van der Waals surface area contributed by atoms with E-state index >= 15 is 0 Å². The van der Waals surface area contributed by atoms with Gasteiger partial charge in [0.1, 0.15) is 0 Å². The zero-order valence-electron chi connectivity index (χ0n) is 10.8. The normalized spacial score (nSPS) is 10.3. The van der Waals surface area contributed by atoms with E-state index in [1.807, 2.05) is 0 Å². The molecule has 3 nitrogen and oxygen atoms in total. The van der Waals surface area contributed by atoms with Crippen LogP contribution in [0.3, 0.4) is 0 Å². The molecule has 1 aromatic rings. The van der Waals surface area contributed by atoms with Gasteiger partial charge in [-0.3, -0.25) is 4.79 Å². The van der Waals surface area contributed by atoms with E-state index in [9.17, 15) is 4.79 Å².